The van der Waals surface area contributed by atoms with Crippen LogP contribution in [0.4, 0.5) is 0 Å². The topological polar surface area (TPSA) is 26.3 Å². The lowest BCUT2D eigenvalue weighted by molar-refractivity contribution is -0.135. The van der Waals surface area contributed by atoms with Gasteiger partial charge in [0.25, 0.3) is 0 Å². The van der Waals surface area contributed by atoms with Crippen LogP contribution in [0.5, 0.6) is 0 Å². The van der Waals surface area contributed by atoms with Crippen LogP contribution in [0.15, 0.2) is 42.0 Å². The molecule has 1 aromatic carbocycles. The van der Waals surface area contributed by atoms with E-state index in [2.05, 4.69) is 4.74 Å². The highest BCUT2D eigenvalue weighted by Crippen LogP contribution is 2.22. The molecule has 0 atom stereocenters. The number of carbonyl (C=O) groups excluding carboxylic acids is 1. The minimum atomic E-state index is -0.475. The van der Waals surface area contributed by atoms with Gasteiger partial charge >= 0.3 is 5.97 Å². The first-order chi connectivity index (χ1) is 8.58. The van der Waals surface area contributed by atoms with Gasteiger partial charge < -0.3 is 4.74 Å². The molecule has 0 aliphatic rings. The highest BCUT2D eigenvalue weighted by Gasteiger charge is 2.06. The van der Waals surface area contributed by atoms with Gasteiger partial charge in [-0.1, -0.05) is 35.3 Å². The summed E-state index contributed by atoms with van der Waals surface area (Å²) in [5.41, 5.74) is 1.10. The van der Waals surface area contributed by atoms with Crippen molar-refractivity contribution in [2.75, 3.05) is 13.0 Å². The van der Waals surface area contributed by atoms with Crippen molar-refractivity contribution in [2.24, 2.45) is 0 Å². The number of halogens is 3. The van der Waals surface area contributed by atoms with E-state index >= 15 is 0 Å². The first kappa shape index (κ1) is 15.1. The van der Waals surface area contributed by atoms with E-state index in [-0.39, 0.29) is 5.88 Å². The van der Waals surface area contributed by atoms with Crippen molar-refractivity contribution in [3.63, 3.8) is 0 Å². The van der Waals surface area contributed by atoms with Gasteiger partial charge in [-0.2, -0.15) is 0 Å². The number of benzene rings is 1. The summed E-state index contributed by atoms with van der Waals surface area (Å²) < 4.78 is 4.58. The molecule has 0 amide bonds. The molecule has 0 aliphatic carbocycles. The fourth-order valence-corrected chi connectivity index (χ4v) is 1.77. The highest BCUT2D eigenvalue weighted by molar-refractivity contribution is 6.49. The summed E-state index contributed by atoms with van der Waals surface area (Å²) in [5.74, 6) is -0.417. The zero-order valence-electron chi connectivity index (χ0n) is 9.62. The second-order valence-electron chi connectivity index (χ2n) is 3.34. The van der Waals surface area contributed by atoms with Crippen molar-refractivity contribution in [3.8, 4) is 0 Å². The number of rotatable bonds is 4. The van der Waals surface area contributed by atoms with Gasteiger partial charge in [0.1, 0.15) is 0 Å². The Morgan fingerprint density at radius 3 is 2.67 bits per heavy atom. The van der Waals surface area contributed by atoms with E-state index in [9.17, 15) is 4.79 Å². The van der Waals surface area contributed by atoms with Gasteiger partial charge in [0.2, 0.25) is 0 Å². The van der Waals surface area contributed by atoms with Crippen molar-refractivity contribution < 1.29 is 9.53 Å². The van der Waals surface area contributed by atoms with E-state index in [1.165, 1.54) is 13.2 Å². The van der Waals surface area contributed by atoms with E-state index < -0.39 is 5.97 Å². The molecule has 0 aliphatic heterocycles. The summed E-state index contributed by atoms with van der Waals surface area (Å²) in [7, 11) is 1.30. The minimum Gasteiger partial charge on any atom is -0.466 e. The maximum absolute atomic E-state index is 11.3. The average molecular weight is 306 g/mol. The zero-order chi connectivity index (χ0) is 13.5. The largest absolute Gasteiger partial charge is 0.466 e. The van der Waals surface area contributed by atoms with Gasteiger partial charge in [0.05, 0.1) is 18.6 Å². The standard InChI is InChI=1S/C13H11Cl3O2/c1-18-13(17)10(8-14)5-6-12(16)9-3-2-4-11(15)7-9/h2-7H,8H2,1H3/b10-5+,12-6-. The average Bonchev–Trinajstić information content (AvgIpc) is 2.38. The van der Waals surface area contributed by atoms with Crippen molar-refractivity contribution in [1.29, 1.82) is 0 Å². The van der Waals surface area contributed by atoms with Gasteiger partial charge in [-0.05, 0) is 29.8 Å². The summed E-state index contributed by atoms with van der Waals surface area (Å²) in [5, 5.41) is 1.05. The van der Waals surface area contributed by atoms with Gasteiger partial charge in [-0.3, -0.25) is 0 Å². The van der Waals surface area contributed by atoms with Crippen LogP contribution < -0.4 is 0 Å². The number of allylic oxidation sites excluding steroid dienone is 2. The third-order valence-electron chi connectivity index (χ3n) is 2.12. The summed E-state index contributed by atoms with van der Waals surface area (Å²) in [6, 6.07) is 7.09. The second-order valence-corrected chi connectivity index (χ2v) is 4.45. The molecule has 0 spiro atoms. The molecule has 1 rings (SSSR count). The van der Waals surface area contributed by atoms with Crippen molar-refractivity contribution in [1.82, 2.24) is 0 Å². The van der Waals surface area contributed by atoms with E-state index in [0.29, 0.717) is 15.6 Å². The Kier molecular flexibility index (Phi) is 6.27. The van der Waals surface area contributed by atoms with Crippen LogP contribution in [-0.2, 0) is 9.53 Å². The van der Waals surface area contributed by atoms with Gasteiger partial charge in [0.15, 0.2) is 0 Å². The van der Waals surface area contributed by atoms with Gasteiger partial charge in [0, 0.05) is 10.1 Å². The molecule has 0 fully saturated rings. The lowest BCUT2D eigenvalue weighted by Gasteiger charge is -2.01. The molecule has 0 aromatic heterocycles. The molecule has 0 saturated heterocycles. The molecule has 0 radical (unpaired) electrons. The highest BCUT2D eigenvalue weighted by atomic mass is 35.5. The Balaban J connectivity index is 2.96. The molecule has 0 unspecified atom stereocenters. The number of esters is 1. The Morgan fingerprint density at radius 1 is 1.39 bits per heavy atom. The van der Waals surface area contributed by atoms with E-state index in [0.717, 1.165) is 5.56 Å². The number of carbonyl (C=O) groups is 1. The Hall–Kier alpha value is -0.960. The maximum atomic E-state index is 11.3. The van der Waals surface area contributed by atoms with Crippen LogP contribution in [0.1, 0.15) is 5.56 Å². The maximum Gasteiger partial charge on any atom is 0.334 e. The fraction of sp³-hybridized carbons (Fsp3) is 0.154. The fourth-order valence-electron chi connectivity index (χ4n) is 1.21. The second kappa shape index (κ2) is 7.47. The van der Waals surface area contributed by atoms with Crippen LogP contribution in [0.2, 0.25) is 5.02 Å². The number of alkyl halides is 1. The van der Waals surface area contributed by atoms with Crippen molar-refractivity contribution in [2.45, 2.75) is 0 Å². The van der Waals surface area contributed by atoms with Gasteiger partial charge in [-0.15, -0.1) is 11.6 Å². The Labute approximate surface area is 121 Å². The lowest BCUT2D eigenvalue weighted by Crippen LogP contribution is -2.05. The molecular formula is C13H11Cl3O2. The van der Waals surface area contributed by atoms with E-state index in [1.54, 1.807) is 24.3 Å². The van der Waals surface area contributed by atoms with Crippen LogP contribution >= 0.6 is 34.8 Å². The third kappa shape index (κ3) is 4.37. The number of ether oxygens (including phenoxy) is 1. The number of hydrogen-bond acceptors (Lipinski definition) is 2. The van der Waals surface area contributed by atoms with Crippen molar-refractivity contribution in [3.05, 3.63) is 52.6 Å². The van der Waals surface area contributed by atoms with Crippen LogP contribution in [0, 0.1) is 0 Å². The summed E-state index contributed by atoms with van der Waals surface area (Å²) in [6.07, 6.45) is 3.12. The first-order valence-electron chi connectivity index (χ1n) is 5.05. The lowest BCUT2D eigenvalue weighted by atomic mass is 10.2. The van der Waals surface area contributed by atoms with Crippen LogP contribution in [0.3, 0.4) is 0 Å². The molecule has 2 nitrogen and oxygen atoms in total. The van der Waals surface area contributed by atoms with Crippen molar-refractivity contribution >= 4 is 45.8 Å². The monoisotopic (exact) mass is 304 g/mol. The Bertz CT molecular complexity index is 493. The molecule has 18 heavy (non-hydrogen) atoms. The van der Waals surface area contributed by atoms with E-state index in [4.69, 9.17) is 34.8 Å². The molecular weight excluding hydrogens is 294 g/mol. The predicted octanol–water partition coefficient (Wildman–Crippen LogP) is 4.26. The summed E-state index contributed by atoms with van der Waals surface area (Å²) in [4.78, 5) is 11.3. The van der Waals surface area contributed by atoms with Crippen LogP contribution in [0.25, 0.3) is 5.03 Å². The normalized spacial score (nSPS) is 12.4. The minimum absolute atomic E-state index is 0.0584. The molecule has 96 valence electrons. The molecule has 0 bridgehead atoms. The smallest absolute Gasteiger partial charge is 0.334 e. The number of hydrogen-bond donors (Lipinski definition) is 0. The molecule has 5 heteroatoms. The SMILES string of the molecule is COC(=O)/C(=C/C=C(\Cl)c1cccc(Cl)c1)CCl. The molecule has 0 N–H and O–H groups in total. The van der Waals surface area contributed by atoms with Crippen LogP contribution in [-0.4, -0.2) is 19.0 Å². The molecule has 1 aromatic rings. The van der Waals surface area contributed by atoms with E-state index in [1.807, 2.05) is 6.07 Å². The third-order valence-corrected chi connectivity index (χ3v) is 2.99. The summed E-state index contributed by atoms with van der Waals surface area (Å²) in [6.45, 7) is 0. The van der Waals surface area contributed by atoms with Gasteiger partial charge in [-0.25, -0.2) is 4.79 Å². The molecule has 0 heterocycles. The zero-order valence-corrected chi connectivity index (χ0v) is 11.9. The number of methoxy groups -OCH3 is 1. The molecule has 0 saturated carbocycles. The quantitative estimate of drug-likeness (QED) is 0.359. The Morgan fingerprint density at radius 2 is 2.11 bits per heavy atom. The summed E-state index contributed by atoms with van der Waals surface area (Å²) >= 11 is 17.6. The first-order valence-corrected chi connectivity index (χ1v) is 6.34. The predicted molar refractivity (Wildman–Crippen MR) is 76.1 cm³/mol.